The molecule has 0 aliphatic heterocycles. The predicted molar refractivity (Wildman–Crippen MR) is 58.2 cm³/mol. The normalized spacial score (nSPS) is 12.1. The maximum Gasteiger partial charge on any atom is 0.344 e. The van der Waals surface area contributed by atoms with E-state index in [9.17, 15) is 4.79 Å². The molecule has 1 atom stereocenters. The van der Waals surface area contributed by atoms with E-state index in [2.05, 4.69) is 0 Å². The molecule has 0 spiro atoms. The molecule has 0 fully saturated rings. The van der Waals surface area contributed by atoms with Gasteiger partial charge in [-0.15, -0.1) is 0 Å². The standard InChI is InChI=1S/C12H16O3/c1-3-9-7-5-6-8-11(9)15-10(4-2)12(13)14/h5-8,10H,3-4H2,1-2H3,(H,13,14)/t10-/m0/s1. The number of carboxylic acid groups (broad SMARTS) is 1. The van der Waals surface area contributed by atoms with E-state index in [0.29, 0.717) is 12.2 Å². The second-order valence-corrected chi connectivity index (χ2v) is 3.31. The van der Waals surface area contributed by atoms with Crippen LogP contribution in [0, 0.1) is 0 Å². The average molecular weight is 208 g/mol. The van der Waals surface area contributed by atoms with Crippen LogP contribution in [0.4, 0.5) is 0 Å². The molecule has 0 saturated carbocycles. The van der Waals surface area contributed by atoms with Gasteiger partial charge in [0, 0.05) is 0 Å². The van der Waals surface area contributed by atoms with Crippen LogP contribution in [0.1, 0.15) is 25.8 Å². The maximum atomic E-state index is 10.8. The van der Waals surface area contributed by atoms with Crippen LogP contribution in [-0.4, -0.2) is 17.2 Å². The van der Waals surface area contributed by atoms with Crippen molar-refractivity contribution in [3.05, 3.63) is 29.8 Å². The van der Waals surface area contributed by atoms with Gasteiger partial charge < -0.3 is 9.84 Å². The lowest BCUT2D eigenvalue weighted by molar-refractivity contribution is -0.145. The molecule has 15 heavy (non-hydrogen) atoms. The van der Waals surface area contributed by atoms with Crippen LogP contribution >= 0.6 is 0 Å². The van der Waals surface area contributed by atoms with E-state index in [1.54, 1.807) is 6.92 Å². The number of hydrogen-bond acceptors (Lipinski definition) is 2. The molecule has 0 amide bonds. The van der Waals surface area contributed by atoms with Gasteiger partial charge in [0.25, 0.3) is 0 Å². The van der Waals surface area contributed by atoms with E-state index in [1.807, 2.05) is 31.2 Å². The Balaban J connectivity index is 2.82. The first kappa shape index (κ1) is 11.6. The summed E-state index contributed by atoms with van der Waals surface area (Å²) in [6.45, 7) is 3.82. The Morgan fingerprint density at radius 3 is 2.60 bits per heavy atom. The number of aliphatic carboxylic acids is 1. The quantitative estimate of drug-likeness (QED) is 0.808. The molecule has 1 N–H and O–H groups in total. The molecule has 1 aromatic rings. The van der Waals surface area contributed by atoms with Crippen molar-refractivity contribution >= 4 is 5.97 Å². The lowest BCUT2D eigenvalue weighted by Crippen LogP contribution is -2.26. The van der Waals surface area contributed by atoms with Gasteiger partial charge in [0.05, 0.1) is 0 Å². The summed E-state index contributed by atoms with van der Waals surface area (Å²) in [5.74, 6) is -0.238. The van der Waals surface area contributed by atoms with Crippen LogP contribution in [0.25, 0.3) is 0 Å². The lowest BCUT2D eigenvalue weighted by atomic mass is 10.1. The molecule has 0 saturated heterocycles. The van der Waals surface area contributed by atoms with Crippen LogP contribution in [0.3, 0.4) is 0 Å². The summed E-state index contributed by atoms with van der Waals surface area (Å²) in [4.78, 5) is 10.8. The van der Waals surface area contributed by atoms with Crippen molar-refractivity contribution in [3.8, 4) is 5.75 Å². The molecule has 1 rings (SSSR count). The van der Waals surface area contributed by atoms with Crippen LogP contribution < -0.4 is 4.74 Å². The second-order valence-electron chi connectivity index (χ2n) is 3.31. The number of rotatable bonds is 5. The molecular formula is C12H16O3. The first-order valence-corrected chi connectivity index (χ1v) is 5.16. The van der Waals surface area contributed by atoms with E-state index in [1.165, 1.54) is 0 Å². The van der Waals surface area contributed by atoms with Crippen molar-refractivity contribution in [1.82, 2.24) is 0 Å². The molecule has 1 aromatic carbocycles. The fraction of sp³-hybridized carbons (Fsp3) is 0.417. The third-order valence-corrected chi connectivity index (χ3v) is 2.27. The minimum atomic E-state index is -0.914. The summed E-state index contributed by atoms with van der Waals surface area (Å²) >= 11 is 0. The van der Waals surface area contributed by atoms with Gasteiger partial charge >= 0.3 is 5.97 Å². The first-order valence-electron chi connectivity index (χ1n) is 5.16. The van der Waals surface area contributed by atoms with E-state index < -0.39 is 12.1 Å². The molecule has 0 aliphatic rings. The smallest absolute Gasteiger partial charge is 0.344 e. The van der Waals surface area contributed by atoms with Crippen molar-refractivity contribution in [3.63, 3.8) is 0 Å². The first-order chi connectivity index (χ1) is 7.19. The Hall–Kier alpha value is -1.51. The number of ether oxygens (including phenoxy) is 1. The topological polar surface area (TPSA) is 46.5 Å². The summed E-state index contributed by atoms with van der Waals surface area (Å²) in [5, 5.41) is 8.87. The predicted octanol–water partition coefficient (Wildman–Crippen LogP) is 2.49. The number of aryl methyl sites for hydroxylation is 1. The molecule has 0 bridgehead atoms. The Kier molecular flexibility index (Phi) is 4.16. The van der Waals surface area contributed by atoms with Gasteiger partial charge in [-0.05, 0) is 24.5 Å². The molecule has 0 heterocycles. The van der Waals surface area contributed by atoms with Crippen molar-refractivity contribution in [2.45, 2.75) is 32.8 Å². The zero-order valence-corrected chi connectivity index (χ0v) is 9.06. The van der Waals surface area contributed by atoms with Gasteiger partial charge in [-0.2, -0.15) is 0 Å². The third-order valence-electron chi connectivity index (χ3n) is 2.27. The zero-order valence-electron chi connectivity index (χ0n) is 9.06. The van der Waals surface area contributed by atoms with Gasteiger partial charge in [-0.1, -0.05) is 32.0 Å². The maximum absolute atomic E-state index is 10.8. The Bertz CT molecular complexity index is 333. The summed E-state index contributed by atoms with van der Waals surface area (Å²) < 4.78 is 5.45. The van der Waals surface area contributed by atoms with Crippen molar-refractivity contribution in [2.75, 3.05) is 0 Å². The van der Waals surface area contributed by atoms with Gasteiger partial charge in [0.15, 0.2) is 6.10 Å². The minimum absolute atomic E-state index is 0.466. The van der Waals surface area contributed by atoms with Gasteiger partial charge in [0.1, 0.15) is 5.75 Å². The lowest BCUT2D eigenvalue weighted by Gasteiger charge is -2.15. The molecule has 3 heteroatoms. The van der Waals surface area contributed by atoms with E-state index >= 15 is 0 Å². The minimum Gasteiger partial charge on any atom is -0.479 e. The molecular weight excluding hydrogens is 192 g/mol. The van der Waals surface area contributed by atoms with Gasteiger partial charge in [0.2, 0.25) is 0 Å². The third kappa shape index (κ3) is 2.98. The highest BCUT2D eigenvalue weighted by Crippen LogP contribution is 2.20. The highest BCUT2D eigenvalue weighted by molar-refractivity contribution is 5.72. The highest BCUT2D eigenvalue weighted by Gasteiger charge is 2.17. The monoisotopic (exact) mass is 208 g/mol. The van der Waals surface area contributed by atoms with Gasteiger partial charge in [-0.25, -0.2) is 4.79 Å². The van der Waals surface area contributed by atoms with E-state index in [4.69, 9.17) is 9.84 Å². The van der Waals surface area contributed by atoms with Crippen LogP contribution in [0.15, 0.2) is 24.3 Å². The van der Waals surface area contributed by atoms with Crippen LogP contribution in [0.5, 0.6) is 5.75 Å². The Labute approximate surface area is 89.7 Å². The SMILES string of the molecule is CCc1ccccc1O[C@@H](CC)C(=O)O. The zero-order chi connectivity index (χ0) is 11.3. The molecule has 0 unspecified atom stereocenters. The molecule has 0 aromatic heterocycles. The molecule has 0 radical (unpaired) electrons. The number of hydrogen-bond donors (Lipinski definition) is 1. The Morgan fingerprint density at radius 1 is 1.40 bits per heavy atom. The number of benzene rings is 1. The fourth-order valence-electron chi connectivity index (χ4n) is 1.37. The largest absolute Gasteiger partial charge is 0.479 e. The fourth-order valence-corrected chi connectivity index (χ4v) is 1.37. The van der Waals surface area contributed by atoms with E-state index in [-0.39, 0.29) is 0 Å². The summed E-state index contributed by atoms with van der Waals surface area (Å²) in [5.41, 5.74) is 1.04. The van der Waals surface area contributed by atoms with Crippen molar-refractivity contribution in [1.29, 1.82) is 0 Å². The number of carboxylic acids is 1. The molecule has 0 aliphatic carbocycles. The van der Waals surface area contributed by atoms with Crippen LogP contribution in [0.2, 0.25) is 0 Å². The second kappa shape index (κ2) is 5.39. The highest BCUT2D eigenvalue weighted by atomic mass is 16.5. The van der Waals surface area contributed by atoms with Crippen LogP contribution in [-0.2, 0) is 11.2 Å². The van der Waals surface area contributed by atoms with Gasteiger partial charge in [-0.3, -0.25) is 0 Å². The average Bonchev–Trinajstić information content (AvgIpc) is 2.25. The number of carbonyl (C=O) groups is 1. The van der Waals surface area contributed by atoms with E-state index in [0.717, 1.165) is 12.0 Å². The summed E-state index contributed by atoms with van der Waals surface area (Å²) in [6, 6.07) is 7.53. The number of para-hydroxylation sites is 1. The molecule has 82 valence electrons. The van der Waals surface area contributed by atoms with Crippen molar-refractivity contribution < 1.29 is 14.6 Å². The summed E-state index contributed by atoms with van der Waals surface area (Å²) in [7, 11) is 0. The summed E-state index contributed by atoms with van der Waals surface area (Å²) in [6.07, 6.45) is 0.553. The van der Waals surface area contributed by atoms with Crippen molar-refractivity contribution in [2.24, 2.45) is 0 Å². The Morgan fingerprint density at radius 2 is 2.07 bits per heavy atom. The molecule has 3 nitrogen and oxygen atoms in total.